The number of nitrogen functional groups attached to an aromatic ring is 1. The second-order valence-corrected chi connectivity index (χ2v) is 24.5. The molecule has 18 nitrogen and oxygen atoms in total. The van der Waals surface area contributed by atoms with Crippen LogP contribution >= 0.6 is 11.6 Å². The van der Waals surface area contributed by atoms with Crippen molar-refractivity contribution in [2.45, 2.75) is 65.8 Å². The second kappa shape index (κ2) is 31.9. The van der Waals surface area contributed by atoms with E-state index in [0.717, 1.165) is 128 Å². The Hall–Kier alpha value is -9.75. The first-order valence-corrected chi connectivity index (χ1v) is 32.6. The predicted molar refractivity (Wildman–Crippen MR) is 378 cm³/mol. The van der Waals surface area contributed by atoms with Gasteiger partial charge in [0.2, 0.25) is 0 Å². The molecular weight excluding hydrogens is 1220 g/mol. The summed E-state index contributed by atoms with van der Waals surface area (Å²) in [6, 6.07) is 54.4. The normalized spacial score (nSPS) is 14.4. The molecule has 4 heterocycles. The Labute approximate surface area is 562 Å². The number of methoxy groups -OCH3 is 4. The fourth-order valence-electron chi connectivity index (χ4n) is 12.5. The van der Waals surface area contributed by atoms with Crippen LogP contribution in [0.1, 0.15) is 91.4 Å². The summed E-state index contributed by atoms with van der Waals surface area (Å²) >= 11 is 5.37. The van der Waals surface area contributed by atoms with Crippen molar-refractivity contribution in [1.29, 1.82) is 0 Å². The maximum Gasteiger partial charge on any atom is 0.263 e. The molecule has 4 aliphatic rings. The Kier molecular flexibility index (Phi) is 22.9. The fourth-order valence-corrected chi connectivity index (χ4v) is 12.7. The first-order chi connectivity index (χ1) is 46.0. The maximum absolute atomic E-state index is 13.7. The summed E-state index contributed by atoms with van der Waals surface area (Å²) in [5, 5.41) is 2.38. The van der Waals surface area contributed by atoms with Crippen LogP contribution in [0, 0.1) is 0 Å². The summed E-state index contributed by atoms with van der Waals surface area (Å²) in [6.07, 6.45) is 1.83. The molecule has 0 atom stereocenters. The molecule has 19 heteroatoms. The molecule has 8 aromatic carbocycles. The molecule has 8 aromatic rings. The van der Waals surface area contributed by atoms with Gasteiger partial charge < -0.3 is 59.1 Å². The number of para-hydroxylation sites is 4. The van der Waals surface area contributed by atoms with Gasteiger partial charge >= 0.3 is 0 Å². The van der Waals surface area contributed by atoms with Crippen molar-refractivity contribution in [2.75, 3.05) is 125 Å². The van der Waals surface area contributed by atoms with Gasteiger partial charge in [-0.2, -0.15) is 0 Å². The quantitative estimate of drug-likeness (QED) is 0.0576. The molecule has 0 aromatic heterocycles. The van der Waals surface area contributed by atoms with Crippen LogP contribution in [0.2, 0.25) is 0 Å². The third-order valence-electron chi connectivity index (χ3n) is 17.0. The maximum atomic E-state index is 13.7. The SMILES string of the molecule is CC(C)Oc1ccccc1N1CCN(Cc2cccc(C(=O)N3CCc4cc(N)ccc43)c2)CC1.COc1cccc(OC)c1C(=O)Cl.COc1cccc(OC)c1C(=O)Nc1ccc2c(c1)CCN2C(=O)c1cccc(CN2CCN(c3ccccc3OC(C)C)CC2)c1. The highest BCUT2D eigenvalue weighted by Gasteiger charge is 2.30. The van der Waals surface area contributed by atoms with Crippen LogP contribution in [0.5, 0.6) is 34.5 Å². The van der Waals surface area contributed by atoms with Crippen molar-refractivity contribution in [3.63, 3.8) is 0 Å². The highest BCUT2D eigenvalue weighted by atomic mass is 35.5. The van der Waals surface area contributed by atoms with E-state index < -0.39 is 5.24 Å². The lowest BCUT2D eigenvalue weighted by Crippen LogP contribution is -2.46. The minimum Gasteiger partial charge on any atom is -0.496 e. The number of nitrogens with zero attached hydrogens (tertiary/aromatic N) is 6. The Morgan fingerprint density at radius 1 is 0.442 bits per heavy atom. The fraction of sp³-hybridized carbons (Fsp3) is 0.316. The number of halogens is 1. The minimum absolute atomic E-state index is 0.0206. The lowest BCUT2D eigenvalue weighted by Gasteiger charge is -2.37. The molecule has 496 valence electrons. The number of anilines is 6. The molecule has 0 spiro atoms. The smallest absolute Gasteiger partial charge is 0.263 e. The van der Waals surface area contributed by atoms with E-state index in [1.54, 1.807) is 36.4 Å². The van der Waals surface area contributed by atoms with Crippen LogP contribution in [-0.2, 0) is 25.9 Å². The first kappa shape index (κ1) is 68.1. The number of nitrogens with one attached hydrogen (secondary N) is 1. The molecule has 0 saturated carbocycles. The Balaban J connectivity index is 0.000000179. The summed E-state index contributed by atoms with van der Waals surface area (Å²) in [7, 11) is 5.99. The number of nitrogens with two attached hydrogens (primary N) is 1. The lowest BCUT2D eigenvalue weighted by atomic mass is 10.1. The number of carbonyl (C=O) groups excluding carboxylic acids is 4. The number of ether oxygens (including phenoxy) is 6. The Bertz CT molecular complexity index is 3950. The number of amides is 3. The van der Waals surface area contributed by atoms with E-state index in [4.69, 9.17) is 45.8 Å². The van der Waals surface area contributed by atoms with Gasteiger partial charge in [-0.05, 0) is 184 Å². The Morgan fingerprint density at radius 3 is 1.27 bits per heavy atom. The summed E-state index contributed by atoms with van der Waals surface area (Å²) in [6.45, 7) is 18.7. The zero-order valence-electron chi connectivity index (χ0n) is 55.4. The second-order valence-electron chi connectivity index (χ2n) is 24.1. The molecule has 3 amide bonds. The summed E-state index contributed by atoms with van der Waals surface area (Å²) in [5.74, 6) is 3.29. The number of hydrogen-bond acceptors (Lipinski definition) is 15. The van der Waals surface area contributed by atoms with Crippen LogP contribution in [-0.4, -0.2) is 139 Å². The molecule has 2 fully saturated rings. The van der Waals surface area contributed by atoms with E-state index in [0.29, 0.717) is 59.3 Å². The minimum atomic E-state index is -0.589. The molecular formula is C76H85ClN8O10. The molecule has 12 rings (SSSR count). The molecule has 3 N–H and O–H groups in total. The first-order valence-electron chi connectivity index (χ1n) is 32.2. The van der Waals surface area contributed by atoms with Crippen LogP contribution < -0.4 is 59.1 Å². The van der Waals surface area contributed by atoms with E-state index in [2.05, 4.69) is 101 Å². The van der Waals surface area contributed by atoms with Crippen molar-refractivity contribution in [1.82, 2.24) is 9.80 Å². The monoisotopic (exact) mass is 1300 g/mol. The molecule has 0 aliphatic carbocycles. The van der Waals surface area contributed by atoms with Crippen LogP contribution in [0.3, 0.4) is 0 Å². The van der Waals surface area contributed by atoms with Gasteiger partial charge in [0.15, 0.2) is 0 Å². The molecule has 2 saturated heterocycles. The van der Waals surface area contributed by atoms with E-state index in [9.17, 15) is 19.2 Å². The zero-order valence-corrected chi connectivity index (χ0v) is 56.2. The van der Waals surface area contributed by atoms with E-state index in [-0.39, 0.29) is 35.5 Å². The van der Waals surface area contributed by atoms with Gasteiger partial charge in [-0.15, -0.1) is 0 Å². The van der Waals surface area contributed by atoms with Crippen molar-refractivity contribution >= 4 is 68.7 Å². The highest BCUT2D eigenvalue weighted by Crippen LogP contribution is 2.37. The van der Waals surface area contributed by atoms with Crippen molar-refractivity contribution in [3.05, 3.63) is 214 Å². The van der Waals surface area contributed by atoms with Gasteiger partial charge in [0, 0.05) is 112 Å². The van der Waals surface area contributed by atoms with Crippen molar-refractivity contribution in [3.8, 4) is 34.5 Å². The van der Waals surface area contributed by atoms with Crippen LogP contribution in [0.25, 0.3) is 0 Å². The number of carbonyl (C=O) groups is 4. The van der Waals surface area contributed by atoms with Crippen molar-refractivity contribution < 1.29 is 47.6 Å². The zero-order chi connectivity index (χ0) is 67.1. The topological polar surface area (TPSA) is 181 Å². The van der Waals surface area contributed by atoms with E-state index in [1.807, 2.05) is 94.7 Å². The molecule has 4 aliphatic heterocycles. The van der Waals surface area contributed by atoms with Gasteiger partial charge in [0.1, 0.15) is 45.6 Å². The third kappa shape index (κ3) is 16.8. The lowest BCUT2D eigenvalue weighted by molar-refractivity contribution is 0.0981. The number of piperazine rings is 2. The molecule has 0 bridgehead atoms. The molecule has 0 unspecified atom stereocenters. The van der Waals surface area contributed by atoms with E-state index >= 15 is 0 Å². The molecule has 0 radical (unpaired) electrons. The number of hydrogen-bond donors (Lipinski definition) is 2. The average Bonchev–Trinajstić information content (AvgIpc) is 1.75. The number of fused-ring (bicyclic) bond motifs is 2. The number of benzene rings is 8. The highest BCUT2D eigenvalue weighted by molar-refractivity contribution is 6.68. The van der Waals surface area contributed by atoms with Gasteiger partial charge in [0.05, 0.1) is 52.0 Å². The Morgan fingerprint density at radius 2 is 0.842 bits per heavy atom. The van der Waals surface area contributed by atoms with Crippen molar-refractivity contribution in [2.24, 2.45) is 0 Å². The third-order valence-corrected chi connectivity index (χ3v) is 17.2. The van der Waals surface area contributed by atoms with Crippen LogP contribution in [0.15, 0.2) is 170 Å². The van der Waals surface area contributed by atoms with Gasteiger partial charge in [-0.1, -0.05) is 60.7 Å². The largest absolute Gasteiger partial charge is 0.496 e. The van der Waals surface area contributed by atoms with Gasteiger partial charge in [0.25, 0.3) is 23.0 Å². The van der Waals surface area contributed by atoms with Gasteiger partial charge in [-0.25, -0.2) is 0 Å². The van der Waals surface area contributed by atoms with Crippen LogP contribution in [0.4, 0.5) is 34.1 Å². The summed E-state index contributed by atoms with van der Waals surface area (Å²) in [4.78, 5) is 64.7. The number of rotatable bonds is 19. The molecule has 95 heavy (non-hydrogen) atoms. The van der Waals surface area contributed by atoms with E-state index in [1.165, 1.54) is 39.7 Å². The average molecular weight is 1310 g/mol. The predicted octanol–water partition coefficient (Wildman–Crippen LogP) is 12.9. The van der Waals surface area contributed by atoms with Gasteiger partial charge in [-0.3, -0.25) is 29.0 Å². The standard InChI is InChI=1S/C38H42N4O5.C29H34N4O2.C9H9ClO3/c1-26(2)47-33-12-6-5-11-32(33)41-21-19-40(20-22-41)25-27-9-7-10-29(23-27)38(44)42-18-17-28-24-30(15-16-31(28)42)39-37(43)36-34(45-3)13-8-14-35(36)46-4;1-21(2)35-28-9-4-3-8-27(28)32-16-14-31(15-17-32)20-22-6-5-7-24(18-22)29(34)33-13-12-23-19-25(30)10-11-26(23)33;1-12-6-4-3-5-7(13-2)8(6)9(10)11/h5-16,23-24,26H,17-22,25H2,1-4H3,(H,39,43);3-11,18-19,21H,12-17,20,30H2,1-2H3;3-5H,1-2H3. The summed E-state index contributed by atoms with van der Waals surface area (Å²) < 4.78 is 32.8. The summed E-state index contributed by atoms with van der Waals surface area (Å²) in [5.41, 5.74) is 17.9.